The normalized spacial score (nSPS) is 22.2. The van der Waals surface area contributed by atoms with Gasteiger partial charge in [0.15, 0.2) is 0 Å². The van der Waals surface area contributed by atoms with E-state index >= 15 is 0 Å². The first kappa shape index (κ1) is 26.8. The molecule has 0 spiro atoms. The van der Waals surface area contributed by atoms with Crippen LogP contribution < -0.4 is 16.0 Å². The lowest BCUT2D eigenvalue weighted by Gasteiger charge is -2.46. The van der Waals surface area contributed by atoms with E-state index in [-0.39, 0.29) is 36.0 Å². The Morgan fingerprint density at radius 2 is 1.71 bits per heavy atom. The standard InChI is InChI=1S/C23H41N3O5/c1-7-8-9-24-20(28)26-16-23(6)13-18(12-22(4,5)15-23)14-25-21(29)31-11-10-30-19(27)17(2)3/h18H,2,7-16H2,1,3-6H3,(H,25,29)(H2,24,26,28). The van der Waals surface area contributed by atoms with Gasteiger partial charge in [-0.15, -0.1) is 0 Å². The van der Waals surface area contributed by atoms with E-state index in [0.717, 1.165) is 32.1 Å². The highest BCUT2D eigenvalue weighted by Crippen LogP contribution is 2.48. The summed E-state index contributed by atoms with van der Waals surface area (Å²) in [6.07, 6.45) is 4.39. The van der Waals surface area contributed by atoms with E-state index in [1.54, 1.807) is 6.92 Å². The van der Waals surface area contributed by atoms with Gasteiger partial charge in [-0.3, -0.25) is 0 Å². The van der Waals surface area contributed by atoms with Crippen molar-refractivity contribution in [2.45, 2.75) is 66.7 Å². The molecule has 0 aromatic rings. The summed E-state index contributed by atoms with van der Waals surface area (Å²) in [5, 5.41) is 8.73. The van der Waals surface area contributed by atoms with E-state index in [1.165, 1.54) is 0 Å². The summed E-state index contributed by atoms with van der Waals surface area (Å²) in [5.41, 5.74) is 0.373. The zero-order chi connectivity index (χ0) is 23.5. The SMILES string of the molecule is C=C(C)C(=O)OCCOC(=O)NCC1CC(C)(C)CC(C)(CNC(=O)NCCCC)C1. The van der Waals surface area contributed by atoms with Gasteiger partial charge in [0.1, 0.15) is 13.2 Å². The third-order valence-electron chi connectivity index (χ3n) is 5.45. The molecule has 1 aliphatic carbocycles. The van der Waals surface area contributed by atoms with Crippen LogP contribution in [0.15, 0.2) is 12.2 Å². The third kappa shape index (κ3) is 11.1. The molecule has 2 unspecified atom stereocenters. The molecule has 8 heteroatoms. The van der Waals surface area contributed by atoms with Crippen LogP contribution in [-0.4, -0.2) is 50.9 Å². The van der Waals surface area contributed by atoms with Crippen molar-refractivity contribution in [3.8, 4) is 0 Å². The summed E-state index contributed by atoms with van der Waals surface area (Å²) in [6.45, 7) is 15.6. The van der Waals surface area contributed by atoms with Crippen LogP contribution in [0.2, 0.25) is 0 Å². The highest BCUT2D eigenvalue weighted by molar-refractivity contribution is 5.86. The Labute approximate surface area is 186 Å². The summed E-state index contributed by atoms with van der Waals surface area (Å²) in [6, 6.07) is -0.122. The van der Waals surface area contributed by atoms with Crippen molar-refractivity contribution in [1.29, 1.82) is 0 Å². The molecule has 8 nitrogen and oxygen atoms in total. The Hall–Kier alpha value is -2.25. The number of alkyl carbamates (subject to hydrolysis) is 1. The quantitative estimate of drug-likeness (QED) is 0.258. The van der Waals surface area contributed by atoms with Crippen LogP contribution in [0.25, 0.3) is 0 Å². The molecule has 2 atom stereocenters. The molecule has 0 heterocycles. The molecule has 0 radical (unpaired) electrons. The Bertz CT molecular complexity index is 635. The Balaban J connectivity index is 2.42. The van der Waals surface area contributed by atoms with Gasteiger partial charge in [-0.25, -0.2) is 14.4 Å². The molecule has 0 aromatic carbocycles. The smallest absolute Gasteiger partial charge is 0.407 e. The highest BCUT2D eigenvalue weighted by atomic mass is 16.6. The van der Waals surface area contributed by atoms with Gasteiger partial charge >= 0.3 is 18.1 Å². The lowest BCUT2D eigenvalue weighted by atomic mass is 9.60. The van der Waals surface area contributed by atoms with Gasteiger partial charge in [0.05, 0.1) is 0 Å². The van der Waals surface area contributed by atoms with Crippen molar-refractivity contribution in [3.05, 3.63) is 12.2 Å². The van der Waals surface area contributed by atoms with Crippen LogP contribution in [-0.2, 0) is 14.3 Å². The van der Waals surface area contributed by atoms with Crippen LogP contribution in [0.5, 0.6) is 0 Å². The number of rotatable bonds is 11. The maximum Gasteiger partial charge on any atom is 0.407 e. The molecule has 0 bridgehead atoms. The number of unbranched alkanes of at least 4 members (excludes halogenated alkanes) is 1. The van der Waals surface area contributed by atoms with Crippen LogP contribution in [0.1, 0.15) is 66.7 Å². The van der Waals surface area contributed by atoms with E-state index in [0.29, 0.717) is 25.2 Å². The summed E-state index contributed by atoms with van der Waals surface area (Å²) in [4.78, 5) is 35.3. The summed E-state index contributed by atoms with van der Waals surface area (Å²) < 4.78 is 9.97. The van der Waals surface area contributed by atoms with Crippen molar-refractivity contribution in [1.82, 2.24) is 16.0 Å². The van der Waals surface area contributed by atoms with Crippen molar-refractivity contribution >= 4 is 18.1 Å². The van der Waals surface area contributed by atoms with Gasteiger partial charge in [-0.2, -0.15) is 0 Å². The summed E-state index contributed by atoms with van der Waals surface area (Å²) in [7, 11) is 0. The van der Waals surface area contributed by atoms with E-state index in [9.17, 15) is 14.4 Å². The number of hydrogen-bond acceptors (Lipinski definition) is 5. The number of carbonyl (C=O) groups is 3. The number of nitrogens with one attached hydrogen (secondary N) is 3. The minimum absolute atomic E-state index is 0.000363. The van der Waals surface area contributed by atoms with Gasteiger partial charge in [-0.05, 0) is 49.4 Å². The molecule has 1 aliphatic rings. The van der Waals surface area contributed by atoms with Crippen molar-refractivity contribution in [2.24, 2.45) is 16.7 Å². The van der Waals surface area contributed by atoms with Gasteiger partial charge in [0.2, 0.25) is 0 Å². The van der Waals surface area contributed by atoms with E-state index in [1.807, 2.05) is 0 Å². The highest BCUT2D eigenvalue weighted by Gasteiger charge is 2.41. The van der Waals surface area contributed by atoms with Gasteiger partial charge in [0, 0.05) is 25.2 Å². The molecule has 0 aliphatic heterocycles. The average molecular weight is 440 g/mol. The molecular formula is C23H41N3O5. The molecule has 1 fully saturated rings. The predicted octanol–water partition coefficient (Wildman–Crippen LogP) is 3.76. The minimum atomic E-state index is -0.523. The van der Waals surface area contributed by atoms with Crippen LogP contribution >= 0.6 is 0 Å². The van der Waals surface area contributed by atoms with Crippen LogP contribution in [0.3, 0.4) is 0 Å². The zero-order valence-corrected chi connectivity index (χ0v) is 19.9. The largest absolute Gasteiger partial charge is 0.459 e. The molecule has 0 saturated heterocycles. The summed E-state index contributed by atoms with van der Waals surface area (Å²) in [5.74, 6) is -0.215. The van der Waals surface area contributed by atoms with Crippen LogP contribution in [0.4, 0.5) is 9.59 Å². The minimum Gasteiger partial charge on any atom is -0.459 e. The molecule has 31 heavy (non-hydrogen) atoms. The molecule has 1 rings (SSSR count). The fourth-order valence-electron chi connectivity index (χ4n) is 4.53. The second-order valence-corrected chi connectivity index (χ2v) is 9.82. The maximum absolute atomic E-state index is 12.0. The van der Waals surface area contributed by atoms with Crippen molar-refractivity contribution in [3.63, 3.8) is 0 Å². The lowest BCUT2D eigenvalue weighted by molar-refractivity contribution is -0.139. The average Bonchev–Trinajstić information content (AvgIpc) is 2.66. The first-order valence-electron chi connectivity index (χ1n) is 11.2. The number of urea groups is 1. The molecule has 3 amide bonds. The molecule has 3 N–H and O–H groups in total. The first-order valence-corrected chi connectivity index (χ1v) is 11.2. The number of esters is 1. The van der Waals surface area contributed by atoms with E-state index < -0.39 is 12.1 Å². The fourth-order valence-corrected chi connectivity index (χ4v) is 4.53. The van der Waals surface area contributed by atoms with Crippen molar-refractivity contribution in [2.75, 3.05) is 32.8 Å². The Kier molecular flexibility index (Phi) is 10.9. The second kappa shape index (κ2) is 12.6. The monoisotopic (exact) mass is 439 g/mol. The van der Waals surface area contributed by atoms with E-state index in [4.69, 9.17) is 9.47 Å². The number of ether oxygens (including phenoxy) is 2. The molecular weight excluding hydrogens is 398 g/mol. The second-order valence-electron chi connectivity index (χ2n) is 9.82. The summed E-state index contributed by atoms with van der Waals surface area (Å²) >= 11 is 0. The number of carbonyl (C=O) groups excluding carboxylic acids is 3. The Morgan fingerprint density at radius 3 is 2.35 bits per heavy atom. The number of hydrogen-bond donors (Lipinski definition) is 3. The lowest BCUT2D eigenvalue weighted by Crippen LogP contribution is -2.47. The van der Waals surface area contributed by atoms with Crippen molar-refractivity contribution < 1.29 is 23.9 Å². The predicted molar refractivity (Wildman–Crippen MR) is 121 cm³/mol. The van der Waals surface area contributed by atoms with E-state index in [2.05, 4.69) is 50.2 Å². The first-order chi connectivity index (χ1) is 14.5. The van der Waals surface area contributed by atoms with Gasteiger partial charge < -0.3 is 25.4 Å². The van der Waals surface area contributed by atoms with Gasteiger partial charge in [0.25, 0.3) is 0 Å². The maximum atomic E-state index is 12.0. The topological polar surface area (TPSA) is 106 Å². The molecule has 1 saturated carbocycles. The third-order valence-corrected chi connectivity index (χ3v) is 5.45. The molecule has 178 valence electrons. The Morgan fingerprint density at radius 1 is 1.03 bits per heavy atom. The fraction of sp³-hybridized carbons (Fsp3) is 0.783. The van der Waals surface area contributed by atoms with Crippen LogP contribution in [0, 0.1) is 16.7 Å². The van der Waals surface area contributed by atoms with Gasteiger partial charge in [-0.1, -0.05) is 40.7 Å². The zero-order valence-electron chi connectivity index (χ0n) is 19.9. The molecule has 0 aromatic heterocycles. The number of amides is 3.